The van der Waals surface area contributed by atoms with E-state index in [4.69, 9.17) is 0 Å². The summed E-state index contributed by atoms with van der Waals surface area (Å²) in [5.41, 5.74) is 3.63. The van der Waals surface area contributed by atoms with Crippen molar-refractivity contribution >= 4 is 17.3 Å². The number of thioether (sulfide) groups is 1. The molecule has 0 bridgehead atoms. The zero-order chi connectivity index (χ0) is 10.8. The number of aromatic nitrogens is 1. The third-order valence-corrected chi connectivity index (χ3v) is 3.61. The van der Waals surface area contributed by atoms with Gasteiger partial charge in [0.2, 0.25) is 0 Å². The summed E-state index contributed by atoms with van der Waals surface area (Å²) in [4.78, 5) is 5.77. The molecule has 0 atom stereocenters. The highest BCUT2D eigenvalue weighted by atomic mass is 32.2. The summed E-state index contributed by atoms with van der Waals surface area (Å²) in [5, 5.41) is 0. The molecule has 1 aliphatic rings. The maximum Gasteiger partial charge on any atom is 0.0840 e. The molecule has 1 aromatic heterocycles. The molecule has 0 unspecified atom stereocenters. The van der Waals surface area contributed by atoms with E-state index in [1.807, 2.05) is 30.1 Å². The third kappa shape index (κ3) is 1.65. The lowest BCUT2D eigenvalue weighted by Crippen LogP contribution is -1.99. The molecule has 0 spiro atoms. The van der Waals surface area contributed by atoms with Crippen molar-refractivity contribution in [2.75, 3.05) is 5.75 Å². The average molecular weight is 225 g/mol. The first kappa shape index (κ1) is 9.67. The Bertz CT molecular complexity index is 531. The maximum atomic E-state index is 4.49. The van der Waals surface area contributed by atoms with Crippen LogP contribution in [0.25, 0.3) is 5.57 Å². The van der Waals surface area contributed by atoms with Crippen LogP contribution in [0.5, 0.6) is 0 Å². The van der Waals surface area contributed by atoms with Crippen LogP contribution in [0, 0.1) is 0 Å². The van der Waals surface area contributed by atoms with E-state index in [-0.39, 0.29) is 0 Å². The molecule has 0 aliphatic carbocycles. The van der Waals surface area contributed by atoms with Crippen LogP contribution in [-0.2, 0) is 0 Å². The SMILES string of the molecule is C1=C(c2ccccc2)c2ncccc2SC1. The lowest BCUT2D eigenvalue weighted by Gasteiger charge is -2.15. The number of nitrogens with zero attached hydrogens (tertiary/aromatic N) is 1. The number of benzene rings is 1. The number of hydrogen-bond donors (Lipinski definition) is 0. The van der Waals surface area contributed by atoms with E-state index in [1.54, 1.807) is 0 Å². The molecule has 78 valence electrons. The smallest absolute Gasteiger partial charge is 0.0840 e. The predicted molar refractivity (Wildman–Crippen MR) is 68.5 cm³/mol. The molecular formula is C14H11NS. The zero-order valence-electron chi connectivity index (χ0n) is 8.76. The Hall–Kier alpha value is -1.54. The Labute approximate surface area is 99.2 Å². The zero-order valence-corrected chi connectivity index (χ0v) is 9.58. The fourth-order valence-corrected chi connectivity index (χ4v) is 2.80. The molecule has 0 amide bonds. The highest BCUT2D eigenvalue weighted by Crippen LogP contribution is 2.34. The second kappa shape index (κ2) is 4.14. The van der Waals surface area contributed by atoms with Crippen molar-refractivity contribution in [1.82, 2.24) is 4.98 Å². The Morgan fingerprint density at radius 3 is 2.75 bits per heavy atom. The third-order valence-electron chi connectivity index (χ3n) is 2.64. The first-order valence-electron chi connectivity index (χ1n) is 5.29. The summed E-state index contributed by atoms with van der Waals surface area (Å²) in [7, 11) is 0. The van der Waals surface area contributed by atoms with Crippen molar-refractivity contribution in [3.63, 3.8) is 0 Å². The molecule has 1 nitrogen and oxygen atoms in total. The second-order valence-electron chi connectivity index (χ2n) is 3.64. The van der Waals surface area contributed by atoms with Crippen molar-refractivity contribution in [2.45, 2.75) is 4.90 Å². The standard InChI is InChI=1S/C14H11NS/c1-2-5-11(6-3-1)12-8-10-16-13-7-4-9-15-14(12)13/h1-9H,10H2. The number of fused-ring (bicyclic) bond motifs is 1. The summed E-state index contributed by atoms with van der Waals surface area (Å²) in [6.07, 6.45) is 4.12. The average Bonchev–Trinajstić information content (AvgIpc) is 2.39. The van der Waals surface area contributed by atoms with Crippen molar-refractivity contribution < 1.29 is 0 Å². The van der Waals surface area contributed by atoms with E-state index < -0.39 is 0 Å². The molecule has 0 radical (unpaired) electrons. The molecule has 2 heteroatoms. The number of hydrogen-bond acceptors (Lipinski definition) is 2. The number of rotatable bonds is 1. The van der Waals surface area contributed by atoms with Crippen LogP contribution in [0.2, 0.25) is 0 Å². The van der Waals surface area contributed by atoms with Gasteiger partial charge in [0.1, 0.15) is 0 Å². The Morgan fingerprint density at radius 1 is 1.00 bits per heavy atom. The summed E-state index contributed by atoms with van der Waals surface area (Å²) in [6, 6.07) is 14.6. The van der Waals surface area contributed by atoms with Crippen molar-refractivity contribution in [1.29, 1.82) is 0 Å². The first-order chi connectivity index (χ1) is 7.95. The molecule has 0 saturated carbocycles. The molecule has 3 rings (SSSR count). The maximum absolute atomic E-state index is 4.49. The minimum atomic E-state index is 1.03. The van der Waals surface area contributed by atoms with Crippen molar-refractivity contribution in [3.05, 3.63) is 66.0 Å². The van der Waals surface area contributed by atoms with E-state index in [0.29, 0.717) is 0 Å². The van der Waals surface area contributed by atoms with Gasteiger partial charge < -0.3 is 0 Å². The number of pyridine rings is 1. The fourth-order valence-electron chi connectivity index (χ4n) is 1.89. The lowest BCUT2D eigenvalue weighted by molar-refractivity contribution is 1.17. The van der Waals surface area contributed by atoms with Crippen LogP contribution in [0.4, 0.5) is 0 Å². The summed E-state index contributed by atoms with van der Waals surface area (Å²) < 4.78 is 0. The first-order valence-corrected chi connectivity index (χ1v) is 6.27. The van der Waals surface area contributed by atoms with Gasteiger partial charge in [-0.1, -0.05) is 36.4 Å². The van der Waals surface area contributed by atoms with E-state index in [1.165, 1.54) is 16.0 Å². The molecular weight excluding hydrogens is 214 g/mol. The van der Waals surface area contributed by atoms with Crippen molar-refractivity contribution in [3.8, 4) is 0 Å². The van der Waals surface area contributed by atoms with Crippen LogP contribution in [0.15, 0.2) is 59.6 Å². The van der Waals surface area contributed by atoms with Crippen LogP contribution in [-0.4, -0.2) is 10.7 Å². The molecule has 16 heavy (non-hydrogen) atoms. The second-order valence-corrected chi connectivity index (χ2v) is 4.71. The van der Waals surface area contributed by atoms with Crippen molar-refractivity contribution in [2.24, 2.45) is 0 Å². The van der Waals surface area contributed by atoms with Gasteiger partial charge >= 0.3 is 0 Å². The predicted octanol–water partition coefficient (Wildman–Crippen LogP) is 3.62. The van der Waals surface area contributed by atoms with Crippen LogP contribution in [0.1, 0.15) is 11.3 Å². The van der Waals surface area contributed by atoms with Gasteiger partial charge in [0.15, 0.2) is 0 Å². The highest BCUT2D eigenvalue weighted by Gasteiger charge is 2.14. The van der Waals surface area contributed by atoms with Gasteiger partial charge in [-0.05, 0) is 17.7 Å². The van der Waals surface area contributed by atoms with Gasteiger partial charge in [0.25, 0.3) is 0 Å². The van der Waals surface area contributed by atoms with Gasteiger partial charge in [-0.3, -0.25) is 4.98 Å². The van der Waals surface area contributed by atoms with Gasteiger partial charge in [-0.2, -0.15) is 0 Å². The normalized spacial score (nSPS) is 14.1. The van der Waals surface area contributed by atoms with Gasteiger partial charge in [-0.15, -0.1) is 11.8 Å². The monoisotopic (exact) mass is 225 g/mol. The van der Waals surface area contributed by atoms with Gasteiger partial charge in [0, 0.05) is 22.4 Å². The minimum Gasteiger partial charge on any atom is -0.255 e. The summed E-state index contributed by atoms with van der Waals surface area (Å²) >= 11 is 1.85. The molecule has 0 saturated heterocycles. The summed E-state index contributed by atoms with van der Waals surface area (Å²) in [5.74, 6) is 1.03. The fraction of sp³-hybridized carbons (Fsp3) is 0.0714. The van der Waals surface area contributed by atoms with E-state index >= 15 is 0 Å². The Morgan fingerprint density at radius 2 is 1.88 bits per heavy atom. The molecule has 0 N–H and O–H groups in total. The minimum absolute atomic E-state index is 1.03. The quantitative estimate of drug-likeness (QED) is 0.735. The molecule has 2 heterocycles. The summed E-state index contributed by atoms with van der Waals surface area (Å²) in [6.45, 7) is 0. The van der Waals surface area contributed by atoms with Crippen LogP contribution in [0.3, 0.4) is 0 Å². The van der Waals surface area contributed by atoms with Crippen LogP contribution < -0.4 is 0 Å². The Kier molecular flexibility index (Phi) is 2.50. The molecule has 1 aromatic carbocycles. The molecule has 1 aliphatic heterocycles. The van der Waals surface area contributed by atoms with Gasteiger partial charge in [0.05, 0.1) is 5.69 Å². The van der Waals surface area contributed by atoms with Gasteiger partial charge in [-0.25, -0.2) is 0 Å². The molecule has 2 aromatic rings. The van der Waals surface area contributed by atoms with E-state index in [0.717, 1.165) is 11.4 Å². The molecule has 0 fully saturated rings. The van der Waals surface area contributed by atoms with Crippen LogP contribution >= 0.6 is 11.8 Å². The van der Waals surface area contributed by atoms with E-state index in [2.05, 4.69) is 41.4 Å². The Balaban J connectivity index is 2.13. The highest BCUT2D eigenvalue weighted by molar-refractivity contribution is 7.99. The van der Waals surface area contributed by atoms with E-state index in [9.17, 15) is 0 Å². The lowest BCUT2D eigenvalue weighted by atomic mass is 10.0. The largest absolute Gasteiger partial charge is 0.255 e. The topological polar surface area (TPSA) is 12.9 Å².